The fraction of sp³-hybridized carbons (Fsp3) is 0.167. The first-order valence-electron chi connectivity index (χ1n) is 7.52. The summed E-state index contributed by atoms with van der Waals surface area (Å²) in [5, 5.41) is 10.9. The van der Waals surface area contributed by atoms with Crippen molar-refractivity contribution in [2.24, 2.45) is 0 Å². The van der Waals surface area contributed by atoms with Gasteiger partial charge in [0.2, 0.25) is 17.7 Å². The Morgan fingerprint density at radius 3 is 2.46 bits per heavy atom. The lowest BCUT2D eigenvalue weighted by atomic mass is 9.95. The molecule has 1 aromatic heterocycles. The molecule has 6 heteroatoms. The molecule has 0 aliphatic heterocycles. The Morgan fingerprint density at radius 1 is 1.12 bits per heavy atom. The molecule has 0 spiro atoms. The largest absolute Gasteiger partial charge is 0.425 e. The summed E-state index contributed by atoms with van der Waals surface area (Å²) in [5.74, 6) is 0.550. The topological polar surface area (TPSA) is 68.0 Å². The fourth-order valence-corrected chi connectivity index (χ4v) is 2.68. The lowest BCUT2D eigenvalue weighted by molar-refractivity contribution is -0.116. The smallest absolute Gasteiger partial charge is 0.225 e. The van der Waals surface area contributed by atoms with Gasteiger partial charge in [0.05, 0.1) is 5.92 Å². The van der Waals surface area contributed by atoms with Crippen LogP contribution < -0.4 is 5.32 Å². The summed E-state index contributed by atoms with van der Waals surface area (Å²) in [5.41, 5.74) is 1.71. The zero-order chi connectivity index (χ0) is 16.9. The molecule has 0 fully saturated rings. The molecule has 122 valence electrons. The molecule has 1 N–H and O–H groups in total. The maximum absolute atomic E-state index is 12.4. The molecule has 0 saturated heterocycles. The van der Waals surface area contributed by atoms with Gasteiger partial charge in [-0.3, -0.25) is 4.79 Å². The highest BCUT2D eigenvalue weighted by Gasteiger charge is 2.23. The number of carbonyl (C=O) groups is 1. The lowest BCUT2D eigenvalue weighted by Crippen LogP contribution is -2.16. The molecule has 0 saturated carbocycles. The number of nitrogens with one attached hydrogen (secondary N) is 1. The van der Waals surface area contributed by atoms with Gasteiger partial charge in [0.15, 0.2) is 0 Å². The Morgan fingerprint density at radius 2 is 1.83 bits per heavy atom. The van der Waals surface area contributed by atoms with Crippen LogP contribution in [-0.2, 0) is 4.79 Å². The summed E-state index contributed by atoms with van der Waals surface area (Å²) in [6.07, 6.45) is 0.224. The van der Waals surface area contributed by atoms with Gasteiger partial charge in [-0.05, 0) is 29.8 Å². The zero-order valence-corrected chi connectivity index (χ0v) is 14.7. The number of halogens is 1. The van der Waals surface area contributed by atoms with Crippen molar-refractivity contribution in [3.8, 4) is 0 Å². The average molecular weight is 386 g/mol. The molecular formula is C18H16BrN3O2. The number of carbonyl (C=O) groups excluding carboxylic acids is 1. The van der Waals surface area contributed by atoms with E-state index in [-0.39, 0.29) is 18.2 Å². The highest BCUT2D eigenvalue weighted by Crippen LogP contribution is 2.27. The molecule has 0 aliphatic carbocycles. The third kappa shape index (κ3) is 4.08. The van der Waals surface area contributed by atoms with Gasteiger partial charge >= 0.3 is 0 Å². The second-order valence-corrected chi connectivity index (χ2v) is 6.30. The molecule has 2 aromatic carbocycles. The van der Waals surface area contributed by atoms with Crippen LogP contribution in [0.5, 0.6) is 0 Å². The van der Waals surface area contributed by atoms with Crippen LogP contribution in [0.4, 0.5) is 5.69 Å². The molecule has 0 radical (unpaired) electrons. The molecule has 0 bridgehead atoms. The molecule has 0 aliphatic rings. The van der Waals surface area contributed by atoms with Crippen molar-refractivity contribution in [2.45, 2.75) is 19.3 Å². The number of anilines is 1. The van der Waals surface area contributed by atoms with E-state index in [1.54, 1.807) is 6.92 Å². The molecule has 1 unspecified atom stereocenters. The molecule has 5 nitrogen and oxygen atoms in total. The fourth-order valence-electron chi connectivity index (χ4n) is 2.42. The van der Waals surface area contributed by atoms with Crippen molar-refractivity contribution in [2.75, 3.05) is 5.32 Å². The number of hydrogen-bond acceptors (Lipinski definition) is 4. The normalized spacial score (nSPS) is 11.9. The summed E-state index contributed by atoms with van der Waals surface area (Å²) < 4.78 is 6.52. The zero-order valence-electron chi connectivity index (χ0n) is 13.1. The number of aromatic nitrogens is 2. The van der Waals surface area contributed by atoms with Gasteiger partial charge in [-0.2, -0.15) is 0 Å². The predicted molar refractivity (Wildman–Crippen MR) is 94.7 cm³/mol. The van der Waals surface area contributed by atoms with Crippen LogP contribution in [0.2, 0.25) is 0 Å². The van der Waals surface area contributed by atoms with Crippen LogP contribution in [0.15, 0.2) is 63.5 Å². The average Bonchev–Trinajstić information content (AvgIpc) is 3.02. The Balaban J connectivity index is 1.79. The first-order chi connectivity index (χ1) is 11.6. The summed E-state index contributed by atoms with van der Waals surface area (Å²) in [4.78, 5) is 12.4. The van der Waals surface area contributed by atoms with Gasteiger partial charge in [-0.15, -0.1) is 10.2 Å². The third-order valence-electron chi connectivity index (χ3n) is 3.56. The maximum Gasteiger partial charge on any atom is 0.225 e. The number of rotatable bonds is 5. The van der Waals surface area contributed by atoms with Crippen LogP contribution in [0, 0.1) is 6.92 Å². The van der Waals surface area contributed by atoms with Crippen LogP contribution in [0.1, 0.15) is 29.7 Å². The maximum atomic E-state index is 12.4. The van der Waals surface area contributed by atoms with E-state index < -0.39 is 0 Å². The van der Waals surface area contributed by atoms with E-state index in [4.69, 9.17) is 4.42 Å². The standard InChI is InChI=1S/C18H16BrN3O2/c1-12-21-22-18(24-12)16(13-5-3-2-4-6-13)11-17(23)20-15-9-7-14(19)8-10-15/h2-10,16H,11H2,1H3,(H,20,23). The second kappa shape index (κ2) is 7.40. The van der Waals surface area contributed by atoms with Crippen molar-refractivity contribution in [3.63, 3.8) is 0 Å². The quantitative estimate of drug-likeness (QED) is 0.710. The Hall–Kier alpha value is -2.47. The van der Waals surface area contributed by atoms with Crippen LogP contribution in [0.3, 0.4) is 0 Å². The van der Waals surface area contributed by atoms with E-state index in [1.807, 2.05) is 54.6 Å². The molecule has 3 rings (SSSR count). The molecule has 1 atom stereocenters. The van der Waals surface area contributed by atoms with E-state index in [9.17, 15) is 4.79 Å². The Bertz CT molecular complexity index is 816. The van der Waals surface area contributed by atoms with Crippen molar-refractivity contribution >= 4 is 27.5 Å². The minimum absolute atomic E-state index is 0.109. The van der Waals surface area contributed by atoms with Crippen LogP contribution >= 0.6 is 15.9 Å². The van der Waals surface area contributed by atoms with Crippen molar-refractivity contribution < 1.29 is 9.21 Å². The monoisotopic (exact) mass is 385 g/mol. The Kier molecular flexibility index (Phi) is 5.05. The molecule has 3 aromatic rings. The second-order valence-electron chi connectivity index (χ2n) is 5.38. The van der Waals surface area contributed by atoms with Crippen molar-refractivity contribution in [3.05, 3.63) is 76.4 Å². The van der Waals surface area contributed by atoms with Gasteiger partial charge in [0, 0.05) is 23.5 Å². The summed E-state index contributed by atoms with van der Waals surface area (Å²) in [6.45, 7) is 1.74. The number of benzene rings is 2. The minimum Gasteiger partial charge on any atom is -0.425 e. The van der Waals surface area contributed by atoms with Gasteiger partial charge in [-0.1, -0.05) is 46.3 Å². The summed E-state index contributed by atoms with van der Waals surface area (Å²) in [7, 11) is 0. The molecular weight excluding hydrogens is 370 g/mol. The lowest BCUT2D eigenvalue weighted by Gasteiger charge is -2.13. The van der Waals surface area contributed by atoms with Gasteiger partial charge in [-0.25, -0.2) is 0 Å². The van der Waals surface area contributed by atoms with Gasteiger partial charge < -0.3 is 9.73 Å². The van der Waals surface area contributed by atoms with Crippen molar-refractivity contribution in [1.29, 1.82) is 0 Å². The first-order valence-corrected chi connectivity index (χ1v) is 8.31. The third-order valence-corrected chi connectivity index (χ3v) is 4.09. The summed E-state index contributed by atoms with van der Waals surface area (Å²) in [6, 6.07) is 17.1. The molecule has 24 heavy (non-hydrogen) atoms. The number of hydrogen-bond donors (Lipinski definition) is 1. The van der Waals surface area contributed by atoms with E-state index in [0.29, 0.717) is 11.8 Å². The van der Waals surface area contributed by atoms with Gasteiger partial charge in [0.1, 0.15) is 0 Å². The number of nitrogens with zero attached hydrogens (tertiary/aromatic N) is 2. The Labute approximate surface area is 148 Å². The van der Waals surface area contributed by atoms with Gasteiger partial charge in [0.25, 0.3) is 0 Å². The number of aryl methyl sites for hydroxylation is 1. The molecule has 1 amide bonds. The van der Waals surface area contributed by atoms with E-state index in [1.165, 1.54) is 0 Å². The van der Waals surface area contributed by atoms with Crippen molar-refractivity contribution in [1.82, 2.24) is 10.2 Å². The van der Waals surface area contributed by atoms with E-state index >= 15 is 0 Å². The molecule has 1 heterocycles. The van der Waals surface area contributed by atoms with Crippen LogP contribution in [0.25, 0.3) is 0 Å². The predicted octanol–water partition coefficient (Wildman–Crippen LogP) is 4.30. The first kappa shape index (κ1) is 16.4. The minimum atomic E-state index is -0.275. The highest BCUT2D eigenvalue weighted by atomic mass is 79.9. The van der Waals surface area contributed by atoms with E-state index in [2.05, 4.69) is 31.4 Å². The summed E-state index contributed by atoms with van der Waals surface area (Å²) >= 11 is 3.38. The number of amides is 1. The van der Waals surface area contributed by atoms with E-state index in [0.717, 1.165) is 15.7 Å². The van der Waals surface area contributed by atoms with Crippen LogP contribution in [-0.4, -0.2) is 16.1 Å². The SMILES string of the molecule is Cc1nnc(C(CC(=O)Nc2ccc(Br)cc2)c2ccccc2)o1. The highest BCUT2D eigenvalue weighted by molar-refractivity contribution is 9.10.